The summed E-state index contributed by atoms with van der Waals surface area (Å²) in [5, 5.41) is 0. The van der Waals surface area contributed by atoms with Gasteiger partial charge in [0.25, 0.3) is 0 Å². The van der Waals surface area contributed by atoms with Crippen molar-refractivity contribution < 1.29 is 9.53 Å². The molecule has 3 unspecified atom stereocenters. The Morgan fingerprint density at radius 1 is 1.62 bits per heavy atom. The number of hydrogen-bond acceptors (Lipinski definition) is 2. The van der Waals surface area contributed by atoms with Gasteiger partial charge in [0.1, 0.15) is 6.10 Å². The summed E-state index contributed by atoms with van der Waals surface area (Å²) in [6.45, 7) is 7.73. The van der Waals surface area contributed by atoms with E-state index in [0.717, 1.165) is 12.3 Å². The van der Waals surface area contributed by atoms with Crippen LogP contribution in [0.25, 0.3) is 0 Å². The molecule has 3 atom stereocenters. The highest BCUT2D eigenvalue weighted by atomic mass is 16.5. The van der Waals surface area contributed by atoms with Gasteiger partial charge in [0.15, 0.2) is 0 Å². The predicted molar refractivity (Wildman–Crippen MR) is 52.3 cm³/mol. The number of esters is 1. The minimum absolute atomic E-state index is 0.121. The second kappa shape index (κ2) is 4.45. The molecule has 0 radical (unpaired) electrons. The molecule has 0 spiro atoms. The summed E-state index contributed by atoms with van der Waals surface area (Å²) in [6.07, 6.45) is 4.76. The van der Waals surface area contributed by atoms with Crippen LogP contribution in [0.4, 0.5) is 0 Å². The van der Waals surface area contributed by atoms with Crippen molar-refractivity contribution in [1.29, 1.82) is 0 Å². The Balaban J connectivity index is 2.43. The molecule has 1 aliphatic rings. The number of hydrogen-bond donors (Lipinski definition) is 0. The van der Waals surface area contributed by atoms with Gasteiger partial charge >= 0.3 is 5.97 Å². The van der Waals surface area contributed by atoms with Crippen LogP contribution < -0.4 is 0 Å². The molecule has 1 saturated carbocycles. The van der Waals surface area contributed by atoms with Crippen LogP contribution in [0.1, 0.15) is 33.1 Å². The highest BCUT2D eigenvalue weighted by Crippen LogP contribution is 2.34. The lowest BCUT2D eigenvalue weighted by atomic mass is 10.0. The predicted octanol–water partition coefficient (Wildman–Crippen LogP) is 2.54. The van der Waals surface area contributed by atoms with Crippen LogP contribution in [-0.2, 0) is 9.53 Å². The molecule has 0 amide bonds. The molecule has 0 heterocycles. The van der Waals surface area contributed by atoms with Crippen molar-refractivity contribution >= 4 is 5.97 Å². The lowest BCUT2D eigenvalue weighted by Crippen LogP contribution is -2.19. The summed E-state index contributed by atoms with van der Waals surface area (Å²) >= 11 is 0. The highest BCUT2D eigenvalue weighted by Gasteiger charge is 2.32. The van der Waals surface area contributed by atoms with Gasteiger partial charge in [0.2, 0.25) is 0 Å². The summed E-state index contributed by atoms with van der Waals surface area (Å²) < 4.78 is 5.25. The van der Waals surface area contributed by atoms with Crippen molar-refractivity contribution in [2.24, 2.45) is 11.8 Å². The molecule has 13 heavy (non-hydrogen) atoms. The zero-order valence-electron chi connectivity index (χ0n) is 8.45. The van der Waals surface area contributed by atoms with E-state index in [9.17, 15) is 4.79 Å². The van der Waals surface area contributed by atoms with Gasteiger partial charge in [0, 0.05) is 6.08 Å². The maximum Gasteiger partial charge on any atom is 0.330 e. The summed E-state index contributed by atoms with van der Waals surface area (Å²) in [4.78, 5) is 11.0. The van der Waals surface area contributed by atoms with Gasteiger partial charge in [-0.1, -0.05) is 26.8 Å². The van der Waals surface area contributed by atoms with Crippen LogP contribution in [0.5, 0.6) is 0 Å². The molecule has 1 rings (SSSR count). The number of carbonyl (C=O) groups is 1. The van der Waals surface area contributed by atoms with E-state index in [-0.39, 0.29) is 12.1 Å². The smallest absolute Gasteiger partial charge is 0.330 e. The molecule has 74 valence electrons. The Bertz CT molecular complexity index is 198. The summed E-state index contributed by atoms with van der Waals surface area (Å²) in [5.74, 6) is 0.958. The van der Waals surface area contributed by atoms with Gasteiger partial charge in [-0.2, -0.15) is 0 Å². The van der Waals surface area contributed by atoms with Crippen LogP contribution in [-0.4, -0.2) is 12.1 Å². The Kier molecular flexibility index (Phi) is 3.52. The third-order valence-corrected chi connectivity index (χ3v) is 2.92. The molecule has 2 heteroatoms. The van der Waals surface area contributed by atoms with Gasteiger partial charge in [-0.25, -0.2) is 4.79 Å². The molecule has 1 aliphatic carbocycles. The Morgan fingerprint density at radius 2 is 2.31 bits per heavy atom. The lowest BCUT2D eigenvalue weighted by molar-refractivity contribution is -0.144. The quantitative estimate of drug-likeness (QED) is 0.495. The van der Waals surface area contributed by atoms with E-state index in [4.69, 9.17) is 4.74 Å². The van der Waals surface area contributed by atoms with Gasteiger partial charge in [-0.15, -0.1) is 0 Å². The first-order valence-corrected chi connectivity index (χ1v) is 5.00. The van der Waals surface area contributed by atoms with Crippen LogP contribution in [0.3, 0.4) is 0 Å². The first-order valence-electron chi connectivity index (χ1n) is 5.00. The minimum atomic E-state index is -0.284. The van der Waals surface area contributed by atoms with E-state index in [0.29, 0.717) is 5.92 Å². The van der Waals surface area contributed by atoms with Crippen molar-refractivity contribution in [3.05, 3.63) is 12.7 Å². The van der Waals surface area contributed by atoms with Gasteiger partial charge in [0.05, 0.1) is 0 Å². The Hall–Kier alpha value is -0.790. The Labute approximate surface area is 80.0 Å². The van der Waals surface area contributed by atoms with E-state index in [2.05, 4.69) is 20.4 Å². The Morgan fingerprint density at radius 3 is 2.77 bits per heavy atom. The normalized spacial score (nSPS) is 32.9. The van der Waals surface area contributed by atoms with E-state index < -0.39 is 0 Å². The topological polar surface area (TPSA) is 26.3 Å². The minimum Gasteiger partial charge on any atom is -0.459 e. The summed E-state index contributed by atoms with van der Waals surface area (Å²) in [6, 6.07) is 0. The average Bonchev–Trinajstić information content (AvgIpc) is 2.47. The maximum atomic E-state index is 11.0. The van der Waals surface area contributed by atoms with E-state index in [1.807, 2.05) is 0 Å². The molecule has 0 N–H and O–H groups in total. The zero-order valence-corrected chi connectivity index (χ0v) is 8.45. The first-order chi connectivity index (χ1) is 6.17. The highest BCUT2D eigenvalue weighted by molar-refractivity contribution is 5.81. The van der Waals surface area contributed by atoms with E-state index in [1.165, 1.54) is 18.9 Å². The molecule has 0 aromatic carbocycles. The summed E-state index contributed by atoms with van der Waals surface area (Å²) in [5.41, 5.74) is 0. The van der Waals surface area contributed by atoms with Crippen molar-refractivity contribution in [3.63, 3.8) is 0 Å². The molecule has 0 aromatic rings. The second-order valence-corrected chi connectivity index (χ2v) is 3.90. The van der Waals surface area contributed by atoms with Crippen molar-refractivity contribution in [3.8, 4) is 0 Å². The molecular weight excluding hydrogens is 164 g/mol. The molecule has 1 fully saturated rings. The molecular formula is C11H18O2. The molecule has 0 aromatic heterocycles. The monoisotopic (exact) mass is 182 g/mol. The third-order valence-electron chi connectivity index (χ3n) is 2.92. The fourth-order valence-electron chi connectivity index (χ4n) is 2.03. The van der Waals surface area contributed by atoms with E-state index >= 15 is 0 Å². The van der Waals surface area contributed by atoms with Crippen molar-refractivity contribution in [2.45, 2.75) is 39.2 Å². The number of carbonyl (C=O) groups excluding carboxylic acids is 1. The fraction of sp³-hybridized carbons (Fsp3) is 0.727. The second-order valence-electron chi connectivity index (χ2n) is 3.90. The first kappa shape index (κ1) is 10.3. The average molecular weight is 182 g/mol. The standard InChI is InChI=1S/C11H18O2/c1-4-9-6-8(3)10(7-9)13-11(12)5-2/h5,8-10H,2,4,6-7H2,1,3H3. The van der Waals surface area contributed by atoms with Crippen LogP contribution >= 0.6 is 0 Å². The lowest BCUT2D eigenvalue weighted by Gasteiger charge is -2.14. The van der Waals surface area contributed by atoms with Crippen LogP contribution in [0, 0.1) is 11.8 Å². The summed E-state index contributed by atoms with van der Waals surface area (Å²) in [7, 11) is 0. The third kappa shape index (κ3) is 2.58. The largest absolute Gasteiger partial charge is 0.459 e. The molecule has 0 saturated heterocycles. The van der Waals surface area contributed by atoms with Gasteiger partial charge < -0.3 is 4.74 Å². The zero-order chi connectivity index (χ0) is 9.84. The van der Waals surface area contributed by atoms with Crippen molar-refractivity contribution in [2.75, 3.05) is 0 Å². The fourth-order valence-corrected chi connectivity index (χ4v) is 2.03. The molecule has 2 nitrogen and oxygen atoms in total. The van der Waals surface area contributed by atoms with Gasteiger partial charge in [-0.05, 0) is 24.7 Å². The maximum absolute atomic E-state index is 11.0. The van der Waals surface area contributed by atoms with E-state index in [1.54, 1.807) is 0 Å². The van der Waals surface area contributed by atoms with Crippen molar-refractivity contribution in [1.82, 2.24) is 0 Å². The van der Waals surface area contributed by atoms with Gasteiger partial charge in [-0.3, -0.25) is 0 Å². The SMILES string of the molecule is C=CC(=O)OC1CC(CC)CC1C. The number of ether oxygens (including phenoxy) is 1. The van der Waals surface area contributed by atoms with Crippen LogP contribution in [0.15, 0.2) is 12.7 Å². The molecule has 0 bridgehead atoms. The van der Waals surface area contributed by atoms with Crippen LogP contribution in [0.2, 0.25) is 0 Å². The number of rotatable bonds is 3. The molecule has 0 aliphatic heterocycles.